The van der Waals surface area contributed by atoms with E-state index in [0.29, 0.717) is 17.9 Å². The lowest BCUT2D eigenvalue weighted by Crippen LogP contribution is -2.36. The van der Waals surface area contributed by atoms with Gasteiger partial charge in [0.2, 0.25) is 0 Å². The van der Waals surface area contributed by atoms with Gasteiger partial charge in [-0.1, -0.05) is 30.3 Å². The molecule has 1 unspecified atom stereocenters. The summed E-state index contributed by atoms with van der Waals surface area (Å²) in [7, 11) is 1.55. The van der Waals surface area contributed by atoms with Crippen molar-refractivity contribution < 1.29 is 19.4 Å². The lowest BCUT2D eigenvalue weighted by Gasteiger charge is -2.11. The number of nitrogens with one attached hydrogen (secondary N) is 2. The van der Waals surface area contributed by atoms with Gasteiger partial charge in [-0.2, -0.15) is 0 Å². The number of carbonyl (C=O) groups is 2. The third-order valence-corrected chi connectivity index (χ3v) is 3.44. The standard InChI is InChI=1S/C18H20N2O4/c1-24-15-9-7-14(8-10-15)20-18(23)17(22)19-12-11-16(21)13-5-3-2-4-6-13/h2-10,16,21H,11-12H2,1H3,(H,19,22)(H,20,23). The molecule has 126 valence electrons. The van der Waals surface area contributed by atoms with Crippen molar-refractivity contribution in [3.05, 3.63) is 60.2 Å². The first kappa shape index (κ1) is 17.5. The first-order valence-electron chi connectivity index (χ1n) is 7.56. The zero-order chi connectivity index (χ0) is 17.4. The third-order valence-electron chi connectivity index (χ3n) is 3.44. The number of hydrogen-bond donors (Lipinski definition) is 3. The summed E-state index contributed by atoms with van der Waals surface area (Å²) in [5, 5.41) is 15.0. The highest BCUT2D eigenvalue weighted by Gasteiger charge is 2.14. The Morgan fingerprint density at radius 1 is 1.04 bits per heavy atom. The molecule has 0 fully saturated rings. The number of aliphatic hydroxyl groups is 1. The van der Waals surface area contributed by atoms with Gasteiger partial charge in [0.15, 0.2) is 0 Å². The second kappa shape index (κ2) is 8.69. The maximum atomic E-state index is 11.8. The monoisotopic (exact) mass is 328 g/mol. The van der Waals surface area contributed by atoms with E-state index in [2.05, 4.69) is 10.6 Å². The van der Waals surface area contributed by atoms with Crippen molar-refractivity contribution in [2.24, 2.45) is 0 Å². The molecule has 0 spiro atoms. The van der Waals surface area contributed by atoms with Crippen LogP contribution in [0.15, 0.2) is 54.6 Å². The summed E-state index contributed by atoms with van der Waals surface area (Å²) in [6, 6.07) is 15.8. The molecule has 6 heteroatoms. The van der Waals surface area contributed by atoms with E-state index in [1.165, 1.54) is 0 Å². The Labute approximate surface area is 140 Å². The topological polar surface area (TPSA) is 87.7 Å². The number of benzene rings is 2. The maximum Gasteiger partial charge on any atom is 0.313 e. The first-order valence-corrected chi connectivity index (χ1v) is 7.56. The quantitative estimate of drug-likeness (QED) is 0.707. The molecule has 1 atom stereocenters. The zero-order valence-electron chi connectivity index (χ0n) is 13.4. The number of rotatable bonds is 6. The fourth-order valence-electron chi connectivity index (χ4n) is 2.11. The normalized spacial score (nSPS) is 11.4. The van der Waals surface area contributed by atoms with E-state index in [9.17, 15) is 14.7 Å². The van der Waals surface area contributed by atoms with Crippen LogP contribution in [0.25, 0.3) is 0 Å². The van der Waals surface area contributed by atoms with Crippen LogP contribution in [0.2, 0.25) is 0 Å². The summed E-state index contributed by atoms with van der Waals surface area (Å²) in [6.07, 6.45) is -0.359. The zero-order valence-corrected chi connectivity index (χ0v) is 13.4. The molecule has 0 saturated heterocycles. The number of ether oxygens (including phenoxy) is 1. The summed E-state index contributed by atoms with van der Waals surface area (Å²) in [6.45, 7) is 0.199. The molecule has 0 aliphatic carbocycles. The number of carbonyl (C=O) groups excluding carboxylic acids is 2. The van der Waals surface area contributed by atoms with Gasteiger partial charge in [0.05, 0.1) is 13.2 Å². The van der Waals surface area contributed by atoms with Crippen molar-refractivity contribution >= 4 is 17.5 Å². The second-order valence-electron chi connectivity index (χ2n) is 5.15. The maximum absolute atomic E-state index is 11.8. The van der Waals surface area contributed by atoms with Crippen LogP contribution in [0.5, 0.6) is 5.75 Å². The van der Waals surface area contributed by atoms with E-state index in [4.69, 9.17) is 4.74 Å². The minimum atomic E-state index is -0.755. The summed E-state index contributed by atoms with van der Waals surface area (Å²) in [5.74, 6) is -0.840. The molecule has 0 radical (unpaired) electrons. The lowest BCUT2D eigenvalue weighted by molar-refractivity contribution is -0.136. The number of methoxy groups -OCH3 is 1. The number of aliphatic hydroxyl groups excluding tert-OH is 1. The van der Waals surface area contributed by atoms with E-state index in [1.54, 1.807) is 31.4 Å². The van der Waals surface area contributed by atoms with Gasteiger partial charge in [-0.05, 0) is 36.2 Å². The summed E-state index contributed by atoms with van der Waals surface area (Å²) >= 11 is 0. The average molecular weight is 328 g/mol. The molecule has 0 bridgehead atoms. The molecule has 0 aromatic heterocycles. The Kier molecular flexibility index (Phi) is 6.33. The average Bonchev–Trinajstić information content (AvgIpc) is 2.62. The van der Waals surface area contributed by atoms with Crippen LogP contribution in [-0.4, -0.2) is 30.6 Å². The van der Waals surface area contributed by atoms with Gasteiger partial charge in [0.25, 0.3) is 0 Å². The van der Waals surface area contributed by atoms with Gasteiger partial charge in [-0.25, -0.2) is 0 Å². The molecule has 2 rings (SSSR count). The molecule has 3 N–H and O–H groups in total. The molecule has 0 heterocycles. The molecule has 0 aliphatic rings. The van der Waals surface area contributed by atoms with Crippen molar-refractivity contribution in [2.75, 3.05) is 19.0 Å². The highest BCUT2D eigenvalue weighted by molar-refractivity contribution is 6.39. The van der Waals surface area contributed by atoms with Crippen LogP contribution in [0, 0.1) is 0 Å². The van der Waals surface area contributed by atoms with Crippen molar-refractivity contribution in [3.8, 4) is 5.75 Å². The van der Waals surface area contributed by atoms with Gasteiger partial charge >= 0.3 is 11.8 Å². The Bertz CT molecular complexity index is 671. The molecule has 0 saturated carbocycles. The van der Waals surface area contributed by atoms with E-state index in [-0.39, 0.29) is 6.54 Å². The molecular formula is C18H20N2O4. The van der Waals surface area contributed by atoms with Gasteiger partial charge in [-0.3, -0.25) is 9.59 Å². The minimum absolute atomic E-state index is 0.199. The van der Waals surface area contributed by atoms with Gasteiger partial charge in [0.1, 0.15) is 5.75 Å². The summed E-state index contributed by atoms with van der Waals surface area (Å²) < 4.78 is 5.02. The van der Waals surface area contributed by atoms with E-state index >= 15 is 0 Å². The number of anilines is 1. The predicted molar refractivity (Wildman–Crippen MR) is 90.7 cm³/mol. The molecule has 2 aromatic rings. The molecular weight excluding hydrogens is 308 g/mol. The van der Waals surface area contributed by atoms with Crippen molar-refractivity contribution in [2.45, 2.75) is 12.5 Å². The highest BCUT2D eigenvalue weighted by atomic mass is 16.5. The van der Waals surface area contributed by atoms with Crippen LogP contribution in [0.1, 0.15) is 18.1 Å². The number of hydrogen-bond acceptors (Lipinski definition) is 4. The van der Waals surface area contributed by atoms with E-state index in [1.807, 2.05) is 30.3 Å². The van der Waals surface area contributed by atoms with Crippen molar-refractivity contribution in [1.29, 1.82) is 0 Å². The Morgan fingerprint density at radius 3 is 2.33 bits per heavy atom. The van der Waals surface area contributed by atoms with E-state index < -0.39 is 17.9 Å². The fraction of sp³-hybridized carbons (Fsp3) is 0.222. The minimum Gasteiger partial charge on any atom is -0.497 e. The Hall–Kier alpha value is -2.86. The number of amides is 2. The first-order chi connectivity index (χ1) is 11.6. The van der Waals surface area contributed by atoms with Crippen LogP contribution in [0.3, 0.4) is 0 Å². The summed E-state index contributed by atoms with van der Waals surface area (Å²) in [5.41, 5.74) is 1.27. The van der Waals surface area contributed by atoms with Gasteiger partial charge in [0, 0.05) is 12.2 Å². The van der Waals surface area contributed by atoms with Crippen molar-refractivity contribution in [1.82, 2.24) is 5.32 Å². The highest BCUT2D eigenvalue weighted by Crippen LogP contribution is 2.15. The molecule has 24 heavy (non-hydrogen) atoms. The van der Waals surface area contributed by atoms with Gasteiger partial charge < -0.3 is 20.5 Å². The molecule has 0 aliphatic heterocycles. The lowest BCUT2D eigenvalue weighted by atomic mass is 10.1. The Balaban J connectivity index is 1.76. The predicted octanol–water partition coefficient (Wildman–Crippen LogP) is 1.87. The fourth-order valence-corrected chi connectivity index (χ4v) is 2.11. The van der Waals surface area contributed by atoms with E-state index in [0.717, 1.165) is 5.56 Å². The smallest absolute Gasteiger partial charge is 0.313 e. The Morgan fingerprint density at radius 2 is 1.71 bits per heavy atom. The molecule has 6 nitrogen and oxygen atoms in total. The summed E-state index contributed by atoms with van der Waals surface area (Å²) in [4.78, 5) is 23.6. The second-order valence-corrected chi connectivity index (χ2v) is 5.15. The largest absolute Gasteiger partial charge is 0.497 e. The van der Waals surface area contributed by atoms with Gasteiger partial charge in [-0.15, -0.1) is 0 Å². The SMILES string of the molecule is COc1ccc(NC(=O)C(=O)NCCC(O)c2ccccc2)cc1. The van der Waals surface area contributed by atoms with Crippen LogP contribution < -0.4 is 15.4 Å². The molecule has 2 aromatic carbocycles. The van der Waals surface area contributed by atoms with Crippen LogP contribution >= 0.6 is 0 Å². The van der Waals surface area contributed by atoms with Crippen molar-refractivity contribution in [3.63, 3.8) is 0 Å². The van der Waals surface area contributed by atoms with Crippen LogP contribution in [-0.2, 0) is 9.59 Å². The molecule has 2 amide bonds. The van der Waals surface area contributed by atoms with Crippen LogP contribution in [0.4, 0.5) is 5.69 Å². The third kappa shape index (κ3) is 5.10.